The lowest BCUT2D eigenvalue weighted by molar-refractivity contribution is 0.0300. The lowest BCUT2D eigenvalue weighted by Gasteiger charge is -2.09. The quantitative estimate of drug-likeness (QED) is 0.491. The average Bonchev–Trinajstić information content (AvgIpc) is 2.27. The van der Waals surface area contributed by atoms with E-state index in [9.17, 15) is 0 Å². The van der Waals surface area contributed by atoms with Gasteiger partial charge in [0, 0.05) is 7.11 Å². The average molecular weight is 340 g/mol. The molecular formula is C14H33Cl3O2. The van der Waals surface area contributed by atoms with Crippen LogP contribution < -0.4 is 0 Å². The van der Waals surface area contributed by atoms with Gasteiger partial charge in [0.25, 0.3) is 0 Å². The highest BCUT2D eigenvalue weighted by Gasteiger charge is 1.94. The molecule has 0 saturated carbocycles. The summed E-state index contributed by atoms with van der Waals surface area (Å²) in [5.74, 6) is 0. The van der Waals surface area contributed by atoms with Gasteiger partial charge in [-0.1, -0.05) is 74.3 Å². The minimum absolute atomic E-state index is 0.375. The number of aliphatic hydroxyl groups excluding tert-OH is 1. The van der Waals surface area contributed by atoms with E-state index in [4.69, 9.17) is 44.6 Å². The van der Waals surface area contributed by atoms with Crippen LogP contribution in [0.15, 0.2) is 0 Å². The van der Waals surface area contributed by atoms with Crippen molar-refractivity contribution in [2.24, 2.45) is 0 Å². The minimum atomic E-state index is -0.750. The Labute approximate surface area is 135 Å². The Kier molecular flexibility index (Phi) is 40.1. The zero-order valence-electron chi connectivity index (χ0n) is 13.5. The maximum atomic E-state index is 7.00. The molecule has 0 aliphatic rings. The van der Waals surface area contributed by atoms with E-state index in [0.717, 1.165) is 7.11 Å². The fraction of sp³-hybridized carbons (Fsp3) is 1.00. The van der Waals surface area contributed by atoms with Crippen LogP contribution in [0.25, 0.3) is 0 Å². The van der Waals surface area contributed by atoms with Crippen molar-refractivity contribution in [3.8, 4) is 0 Å². The molecule has 0 spiro atoms. The van der Waals surface area contributed by atoms with Crippen LogP contribution in [0.2, 0.25) is 0 Å². The van der Waals surface area contributed by atoms with Crippen molar-refractivity contribution < 1.29 is 9.84 Å². The highest BCUT2D eigenvalue weighted by Crippen LogP contribution is 2.03. The second-order valence-electron chi connectivity index (χ2n) is 4.19. The van der Waals surface area contributed by atoms with E-state index in [1.54, 1.807) is 0 Å². The Morgan fingerprint density at radius 3 is 1.05 bits per heavy atom. The van der Waals surface area contributed by atoms with E-state index in [1.165, 1.54) is 25.7 Å². The molecule has 0 heterocycles. The van der Waals surface area contributed by atoms with Gasteiger partial charge >= 0.3 is 0 Å². The van der Waals surface area contributed by atoms with Gasteiger partial charge in [0.05, 0.1) is 12.2 Å². The van der Waals surface area contributed by atoms with Gasteiger partial charge in [0.15, 0.2) is 4.30 Å². The summed E-state index contributed by atoms with van der Waals surface area (Å²) in [5, 5.41) is 7.00. The van der Waals surface area contributed by atoms with Crippen molar-refractivity contribution >= 4 is 34.8 Å². The number of unbranched alkanes of at least 4 members (excludes halogenated alkanes) is 3. The Hall–Kier alpha value is 0.790. The zero-order valence-corrected chi connectivity index (χ0v) is 15.8. The normalized spacial score (nSPS) is 9.16. The highest BCUT2D eigenvalue weighted by atomic mass is 35.6. The zero-order chi connectivity index (χ0) is 16.3. The van der Waals surface area contributed by atoms with Crippen LogP contribution in [0, 0.1) is 0 Å². The molecule has 0 aliphatic carbocycles. The lowest BCUT2D eigenvalue weighted by Crippen LogP contribution is -2.09. The smallest absolute Gasteiger partial charge is 0.180 e. The summed E-state index contributed by atoms with van der Waals surface area (Å²) in [6.45, 7) is 12.6. The Morgan fingerprint density at radius 2 is 1.00 bits per heavy atom. The molecule has 0 radical (unpaired) electrons. The predicted molar refractivity (Wildman–Crippen MR) is 90.7 cm³/mol. The van der Waals surface area contributed by atoms with E-state index in [0.29, 0.717) is 12.2 Å². The van der Waals surface area contributed by atoms with Gasteiger partial charge in [0.1, 0.15) is 0 Å². The molecule has 5 heteroatoms. The van der Waals surface area contributed by atoms with Crippen LogP contribution in [0.5, 0.6) is 0 Å². The van der Waals surface area contributed by atoms with E-state index < -0.39 is 4.30 Å². The van der Waals surface area contributed by atoms with E-state index in [2.05, 4.69) is 13.8 Å². The van der Waals surface area contributed by atoms with Crippen molar-refractivity contribution in [2.75, 3.05) is 7.11 Å². The maximum Gasteiger partial charge on any atom is 0.180 e. The molecule has 19 heavy (non-hydrogen) atoms. The Balaban J connectivity index is -0.0000000858. The minimum Gasteiger partial charge on any atom is -0.400 e. The fourth-order valence-electron chi connectivity index (χ4n) is 1.04. The van der Waals surface area contributed by atoms with Gasteiger partial charge in [-0.2, -0.15) is 0 Å². The standard InChI is InChI=1S/C6H14O.C6H14.CHCl3.CH4O/c1-5(2)7-6(3)4;1-3-5-6-4-2;2-1(3)4;1-2/h5-6H,1-4H3;3-6H2,1-2H3;1H;2H,1H3. The molecule has 1 N–H and O–H groups in total. The molecule has 0 rings (SSSR count). The molecular weight excluding hydrogens is 307 g/mol. The van der Waals surface area contributed by atoms with E-state index >= 15 is 0 Å². The number of aliphatic hydroxyl groups is 1. The van der Waals surface area contributed by atoms with Crippen molar-refractivity contribution in [3.05, 3.63) is 0 Å². The van der Waals surface area contributed by atoms with Crippen molar-refractivity contribution in [3.63, 3.8) is 0 Å². The molecule has 122 valence electrons. The second kappa shape index (κ2) is 27.2. The summed E-state index contributed by atoms with van der Waals surface area (Å²) < 4.78 is 4.50. The van der Waals surface area contributed by atoms with Crippen LogP contribution in [0.3, 0.4) is 0 Å². The van der Waals surface area contributed by atoms with Gasteiger partial charge < -0.3 is 9.84 Å². The number of halogens is 3. The number of hydrogen-bond donors (Lipinski definition) is 1. The monoisotopic (exact) mass is 338 g/mol. The van der Waals surface area contributed by atoms with Crippen LogP contribution in [-0.2, 0) is 4.74 Å². The first-order chi connectivity index (χ1) is 8.77. The fourth-order valence-corrected chi connectivity index (χ4v) is 1.04. The van der Waals surface area contributed by atoms with Crippen molar-refractivity contribution in [2.45, 2.75) is 83.7 Å². The molecule has 0 amide bonds. The third kappa shape index (κ3) is 87.3. The van der Waals surface area contributed by atoms with Crippen molar-refractivity contribution in [1.29, 1.82) is 0 Å². The summed E-state index contributed by atoms with van der Waals surface area (Å²) in [4.78, 5) is 0. The van der Waals surface area contributed by atoms with E-state index in [-0.39, 0.29) is 0 Å². The molecule has 0 saturated heterocycles. The summed E-state index contributed by atoms with van der Waals surface area (Å²) >= 11 is 14.4. The molecule has 0 aliphatic heterocycles. The maximum absolute atomic E-state index is 7.00. The largest absolute Gasteiger partial charge is 0.400 e. The SMILES string of the molecule is CC(C)OC(C)C.CCCCCC.CO.ClC(Cl)Cl. The molecule has 2 nitrogen and oxygen atoms in total. The third-order valence-electron chi connectivity index (χ3n) is 1.50. The number of alkyl halides is 3. The predicted octanol–water partition coefficient (Wildman–Crippen LogP) is 6.00. The van der Waals surface area contributed by atoms with Gasteiger partial charge in [0.2, 0.25) is 0 Å². The lowest BCUT2D eigenvalue weighted by atomic mass is 10.2. The van der Waals surface area contributed by atoms with Gasteiger partial charge in [-0.25, -0.2) is 0 Å². The molecule has 0 aromatic heterocycles. The Bertz CT molecular complexity index is 109. The summed E-state index contributed by atoms with van der Waals surface area (Å²) in [5.41, 5.74) is 0. The molecule has 0 aromatic rings. The molecule has 0 bridgehead atoms. The summed E-state index contributed by atoms with van der Waals surface area (Å²) in [6.07, 6.45) is 6.29. The first-order valence-electron chi connectivity index (χ1n) is 6.80. The second-order valence-corrected chi connectivity index (χ2v) is 6.17. The molecule has 0 atom stereocenters. The first kappa shape index (κ1) is 28.0. The van der Waals surface area contributed by atoms with Crippen LogP contribution >= 0.6 is 34.8 Å². The molecule has 0 aromatic carbocycles. The topological polar surface area (TPSA) is 29.5 Å². The first-order valence-corrected chi connectivity index (χ1v) is 8.11. The van der Waals surface area contributed by atoms with E-state index in [1.807, 2.05) is 27.7 Å². The Morgan fingerprint density at radius 1 is 0.789 bits per heavy atom. The summed E-state index contributed by atoms with van der Waals surface area (Å²) in [6, 6.07) is 0. The van der Waals surface area contributed by atoms with Crippen molar-refractivity contribution in [1.82, 2.24) is 0 Å². The number of rotatable bonds is 5. The molecule has 0 fully saturated rings. The van der Waals surface area contributed by atoms with Crippen LogP contribution in [0.4, 0.5) is 0 Å². The van der Waals surface area contributed by atoms with Gasteiger partial charge in [-0.3, -0.25) is 0 Å². The number of hydrogen-bond acceptors (Lipinski definition) is 2. The summed E-state index contributed by atoms with van der Waals surface area (Å²) in [7, 11) is 1.00. The van der Waals surface area contributed by atoms with Gasteiger partial charge in [-0.05, 0) is 27.7 Å². The number of ether oxygens (including phenoxy) is 1. The van der Waals surface area contributed by atoms with Gasteiger partial charge in [-0.15, -0.1) is 0 Å². The van der Waals surface area contributed by atoms with Crippen LogP contribution in [-0.4, -0.2) is 28.7 Å². The molecule has 0 unspecified atom stereocenters. The highest BCUT2D eigenvalue weighted by molar-refractivity contribution is 6.63. The van der Waals surface area contributed by atoms with Crippen LogP contribution in [0.1, 0.15) is 67.2 Å². The third-order valence-corrected chi connectivity index (χ3v) is 1.50.